The van der Waals surface area contributed by atoms with E-state index in [1.807, 2.05) is 61.5 Å². The molecule has 0 atom stereocenters. The van der Waals surface area contributed by atoms with Crippen LogP contribution in [0.4, 0.5) is 17.1 Å². The monoisotopic (exact) mass is 327 g/mol. The minimum absolute atomic E-state index is 0.143. The van der Waals surface area contributed by atoms with Gasteiger partial charge in [-0.1, -0.05) is 29.8 Å². The first-order valence-corrected chi connectivity index (χ1v) is 7.90. The van der Waals surface area contributed by atoms with Crippen molar-refractivity contribution in [3.63, 3.8) is 0 Å². The normalized spacial score (nSPS) is 9.92. The number of nitrogens with zero attached hydrogens (tertiary/aromatic N) is 1. The van der Waals surface area contributed by atoms with E-state index in [1.165, 1.54) is 0 Å². The van der Waals surface area contributed by atoms with Gasteiger partial charge >= 0.3 is 0 Å². The highest BCUT2D eigenvalue weighted by Gasteiger charge is 2.06. The molecule has 0 unspecified atom stereocenters. The lowest BCUT2D eigenvalue weighted by Crippen LogP contribution is -2.11. The van der Waals surface area contributed by atoms with Gasteiger partial charge in [0.15, 0.2) is 0 Å². The van der Waals surface area contributed by atoms with Crippen molar-refractivity contribution < 1.29 is 4.79 Å². The first-order chi connectivity index (χ1) is 12.2. The number of nitriles is 1. The third-order valence-electron chi connectivity index (χ3n) is 3.78. The summed E-state index contributed by atoms with van der Waals surface area (Å²) in [5, 5.41) is 15.2. The molecule has 0 saturated heterocycles. The topological polar surface area (TPSA) is 64.9 Å². The van der Waals surface area contributed by atoms with Crippen molar-refractivity contribution in [1.29, 1.82) is 5.26 Å². The van der Waals surface area contributed by atoms with Gasteiger partial charge in [0.05, 0.1) is 11.3 Å². The molecule has 0 saturated carbocycles. The first-order valence-electron chi connectivity index (χ1n) is 7.90. The summed E-state index contributed by atoms with van der Waals surface area (Å²) in [6, 6.07) is 24.3. The maximum atomic E-state index is 12.2. The summed E-state index contributed by atoms with van der Waals surface area (Å²) < 4.78 is 0. The lowest BCUT2D eigenvalue weighted by molar-refractivity contribution is 0.102. The Hall–Kier alpha value is -3.58. The molecule has 0 aliphatic heterocycles. The molecule has 3 aromatic carbocycles. The molecule has 1 amide bonds. The van der Waals surface area contributed by atoms with Crippen molar-refractivity contribution in [2.24, 2.45) is 0 Å². The second-order valence-corrected chi connectivity index (χ2v) is 5.68. The van der Waals surface area contributed by atoms with Crippen molar-refractivity contribution >= 4 is 23.0 Å². The summed E-state index contributed by atoms with van der Waals surface area (Å²) >= 11 is 0. The number of rotatable bonds is 4. The minimum Gasteiger partial charge on any atom is -0.354 e. The van der Waals surface area contributed by atoms with E-state index in [2.05, 4.69) is 16.7 Å². The van der Waals surface area contributed by atoms with Crippen LogP contribution in [0.25, 0.3) is 0 Å². The van der Waals surface area contributed by atoms with Gasteiger partial charge in [-0.15, -0.1) is 0 Å². The summed E-state index contributed by atoms with van der Waals surface area (Å²) in [6.45, 7) is 1.98. The van der Waals surface area contributed by atoms with E-state index in [4.69, 9.17) is 5.26 Å². The van der Waals surface area contributed by atoms with Crippen LogP contribution in [0.15, 0.2) is 72.8 Å². The van der Waals surface area contributed by atoms with Crippen molar-refractivity contribution in [2.45, 2.75) is 6.92 Å². The molecule has 0 bridgehead atoms. The number of aryl methyl sites for hydroxylation is 1. The molecular weight excluding hydrogens is 310 g/mol. The van der Waals surface area contributed by atoms with E-state index in [1.54, 1.807) is 18.2 Å². The molecule has 0 fully saturated rings. The molecule has 122 valence electrons. The molecule has 3 rings (SSSR count). The van der Waals surface area contributed by atoms with Crippen molar-refractivity contribution in [3.05, 3.63) is 89.5 Å². The van der Waals surface area contributed by atoms with Gasteiger partial charge in [-0.05, 0) is 55.5 Å². The molecule has 25 heavy (non-hydrogen) atoms. The van der Waals surface area contributed by atoms with E-state index in [0.717, 1.165) is 16.9 Å². The lowest BCUT2D eigenvalue weighted by atomic mass is 10.1. The van der Waals surface area contributed by atoms with Gasteiger partial charge in [0.1, 0.15) is 6.07 Å². The van der Waals surface area contributed by atoms with Crippen LogP contribution in [0.2, 0.25) is 0 Å². The number of hydrogen-bond donors (Lipinski definition) is 2. The SMILES string of the molecule is Cc1ccc(C(=O)Nc2ccc(Nc3ccccc3C#N)cc2)cc1. The number of benzene rings is 3. The first kappa shape index (κ1) is 16.3. The van der Waals surface area contributed by atoms with Crippen LogP contribution in [0.5, 0.6) is 0 Å². The molecule has 0 spiro atoms. The summed E-state index contributed by atoms with van der Waals surface area (Å²) in [5.41, 5.74) is 4.63. The van der Waals surface area contributed by atoms with Crippen LogP contribution in [0, 0.1) is 18.3 Å². The van der Waals surface area contributed by atoms with Gasteiger partial charge in [0.2, 0.25) is 0 Å². The Kier molecular flexibility index (Phi) is 4.77. The molecule has 0 heterocycles. The second-order valence-electron chi connectivity index (χ2n) is 5.68. The van der Waals surface area contributed by atoms with Gasteiger partial charge < -0.3 is 10.6 Å². The number of anilines is 3. The predicted octanol–water partition coefficient (Wildman–Crippen LogP) is 4.86. The Morgan fingerprint density at radius 3 is 2.20 bits per heavy atom. The van der Waals surface area contributed by atoms with Gasteiger partial charge in [-0.3, -0.25) is 4.79 Å². The number of carbonyl (C=O) groups is 1. The van der Waals surface area contributed by atoms with E-state index in [-0.39, 0.29) is 5.91 Å². The Labute approximate surface area is 146 Å². The van der Waals surface area contributed by atoms with E-state index in [9.17, 15) is 4.79 Å². The smallest absolute Gasteiger partial charge is 0.255 e. The predicted molar refractivity (Wildman–Crippen MR) is 100 cm³/mol. The van der Waals surface area contributed by atoms with Crippen LogP contribution >= 0.6 is 0 Å². The Morgan fingerprint density at radius 2 is 1.52 bits per heavy atom. The van der Waals surface area contributed by atoms with E-state index >= 15 is 0 Å². The number of para-hydroxylation sites is 1. The van der Waals surface area contributed by atoms with E-state index in [0.29, 0.717) is 16.8 Å². The molecule has 0 radical (unpaired) electrons. The zero-order chi connectivity index (χ0) is 17.6. The van der Waals surface area contributed by atoms with Crippen LogP contribution in [0.3, 0.4) is 0 Å². The number of carbonyl (C=O) groups excluding carboxylic acids is 1. The van der Waals surface area contributed by atoms with E-state index < -0.39 is 0 Å². The Balaban J connectivity index is 1.69. The molecule has 0 aromatic heterocycles. The van der Waals surface area contributed by atoms with Crippen LogP contribution < -0.4 is 10.6 Å². The summed E-state index contributed by atoms with van der Waals surface area (Å²) in [5.74, 6) is -0.143. The number of hydrogen-bond acceptors (Lipinski definition) is 3. The van der Waals surface area contributed by atoms with Crippen LogP contribution in [0.1, 0.15) is 21.5 Å². The maximum absolute atomic E-state index is 12.2. The fraction of sp³-hybridized carbons (Fsp3) is 0.0476. The lowest BCUT2D eigenvalue weighted by Gasteiger charge is -2.10. The Bertz CT molecular complexity index is 923. The van der Waals surface area contributed by atoms with Gasteiger partial charge in [0.25, 0.3) is 5.91 Å². The number of nitrogens with one attached hydrogen (secondary N) is 2. The highest BCUT2D eigenvalue weighted by Crippen LogP contribution is 2.22. The zero-order valence-electron chi connectivity index (χ0n) is 13.8. The van der Waals surface area contributed by atoms with Crippen LogP contribution in [-0.4, -0.2) is 5.91 Å². The van der Waals surface area contributed by atoms with Crippen molar-refractivity contribution in [2.75, 3.05) is 10.6 Å². The second kappa shape index (κ2) is 7.33. The molecule has 3 aromatic rings. The van der Waals surface area contributed by atoms with Crippen molar-refractivity contribution in [3.8, 4) is 6.07 Å². The van der Waals surface area contributed by atoms with Gasteiger partial charge in [-0.25, -0.2) is 0 Å². The maximum Gasteiger partial charge on any atom is 0.255 e. The average Bonchev–Trinajstić information content (AvgIpc) is 2.64. The summed E-state index contributed by atoms with van der Waals surface area (Å²) in [4.78, 5) is 12.2. The van der Waals surface area contributed by atoms with Gasteiger partial charge in [-0.2, -0.15) is 5.26 Å². The molecule has 4 heteroatoms. The van der Waals surface area contributed by atoms with Crippen molar-refractivity contribution in [1.82, 2.24) is 0 Å². The molecule has 4 nitrogen and oxygen atoms in total. The summed E-state index contributed by atoms with van der Waals surface area (Å²) in [6.07, 6.45) is 0. The number of amides is 1. The molecule has 2 N–H and O–H groups in total. The molecule has 0 aliphatic rings. The third kappa shape index (κ3) is 4.04. The fourth-order valence-electron chi connectivity index (χ4n) is 2.39. The van der Waals surface area contributed by atoms with Crippen LogP contribution in [-0.2, 0) is 0 Å². The summed E-state index contributed by atoms with van der Waals surface area (Å²) in [7, 11) is 0. The minimum atomic E-state index is -0.143. The third-order valence-corrected chi connectivity index (χ3v) is 3.78. The average molecular weight is 327 g/mol. The zero-order valence-corrected chi connectivity index (χ0v) is 13.8. The quantitative estimate of drug-likeness (QED) is 0.719. The fourth-order valence-corrected chi connectivity index (χ4v) is 2.39. The highest BCUT2D eigenvalue weighted by atomic mass is 16.1. The standard InChI is InChI=1S/C21H17N3O/c1-15-6-8-16(9-7-15)21(25)24-19-12-10-18(11-13-19)23-20-5-3-2-4-17(20)14-22/h2-13,23H,1H3,(H,24,25). The largest absolute Gasteiger partial charge is 0.354 e. The highest BCUT2D eigenvalue weighted by molar-refractivity contribution is 6.04. The van der Waals surface area contributed by atoms with Gasteiger partial charge in [0, 0.05) is 16.9 Å². The molecule has 0 aliphatic carbocycles. The Morgan fingerprint density at radius 1 is 0.880 bits per heavy atom. The molecular formula is C21H17N3O.